The highest BCUT2D eigenvalue weighted by Gasteiger charge is 2.15. The molecular weight excluding hydrogens is 250 g/mol. The highest BCUT2D eigenvalue weighted by Crippen LogP contribution is 2.15. The van der Waals surface area contributed by atoms with Crippen molar-refractivity contribution in [3.63, 3.8) is 0 Å². The molecular formula is C11H19N5OS. The summed E-state index contributed by atoms with van der Waals surface area (Å²) in [5, 5.41) is 7.04. The van der Waals surface area contributed by atoms with E-state index in [9.17, 15) is 0 Å². The van der Waals surface area contributed by atoms with Crippen molar-refractivity contribution in [2.75, 3.05) is 36.6 Å². The zero-order chi connectivity index (χ0) is 12.8. The van der Waals surface area contributed by atoms with Gasteiger partial charge in [0, 0.05) is 19.7 Å². The lowest BCUT2D eigenvalue weighted by molar-refractivity contribution is 0.120. The molecule has 0 saturated carbocycles. The molecule has 0 aromatic carbocycles. The van der Waals surface area contributed by atoms with Crippen LogP contribution in [0.25, 0.3) is 0 Å². The quantitative estimate of drug-likeness (QED) is 0.760. The van der Waals surface area contributed by atoms with Gasteiger partial charge in [0.25, 0.3) is 0 Å². The van der Waals surface area contributed by atoms with Crippen molar-refractivity contribution < 1.29 is 4.74 Å². The zero-order valence-electron chi connectivity index (χ0n) is 10.8. The molecule has 2 N–H and O–H groups in total. The normalized spacial score (nSPS) is 18.9. The highest BCUT2D eigenvalue weighted by molar-refractivity contribution is 7.98. The molecule has 0 aliphatic carbocycles. The Kier molecular flexibility index (Phi) is 5.00. The molecule has 0 radical (unpaired) electrons. The van der Waals surface area contributed by atoms with E-state index in [0.717, 1.165) is 37.7 Å². The molecule has 1 aromatic rings. The molecule has 1 fully saturated rings. The van der Waals surface area contributed by atoms with Gasteiger partial charge in [-0.05, 0) is 26.0 Å². The second kappa shape index (κ2) is 6.75. The third-order valence-corrected chi connectivity index (χ3v) is 3.19. The van der Waals surface area contributed by atoms with E-state index < -0.39 is 0 Å². The molecule has 100 valence electrons. The molecule has 0 bridgehead atoms. The molecule has 18 heavy (non-hydrogen) atoms. The summed E-state index contributed by atoms with van der Waals surface area (Å²) >= 11 is 1.51. The Hall–Kier alpha value is -1.08. The van der Waals surface area contributed by atoms with Gasteiger partial charge >= 0.3 is 0 Å². The van der Waals surface area contributed by atoms with Crippen molar-refractivity contribution in [1.29, 1.82) is 0 Å². The minimum atomic E-state index is 0.280. The van der Waals surface area contributed by atoms with Crippen LogP contribution in [0, 0.1) is 0 Å². The number of hydrogen-bond donors (Lipinski definition) is 2. The second-order valence-electron chi connectivity index (χ2n) is 4.02. The van der Waals surface area contributed by atoms with E-state index in [-0.39, 0.29) is 6.10 Å². The first-order valence-corrected chi connectivity index (χ1v) is 7.43. The van der Waals surface area contributed by atoms with Gasteiger partial charge in [0.05, 0.1) is 6.10 Å². The molecule has 7 heteroatoms. The summed E-state index contributed by atoms with van der Waals surface area (Å²) in [6, 6.07) is 0. The summed E-state index contributed by atoms with van der Waals surface area (Å²) in [5.41, 5.74) is 0. The number of rotatable bonds is 6. The van der Waals surface area contributed by atoms with Crippen molar-refractivity contribution in [3.05, 3.63) is 0 Å². The van der Waals surface area contributed by atoms with Crippen molar-refractivity contribution in [3.8, 4) is 0 Å². The van der Waals surface area contributed by atoms with Crippen LogP contribution in [0.15, 0.2) is 5.16 Å². The standard InChI is InChI=1S/C11H19N5OS/c1-3-12-9-14-10(16-11(15-9)18-2)13-7-8-5-4-6-17-8/h8H,3-7H2,1-2H3,(H2,12,13,14,15,16). The number of anilines is 2. The first-order chi connectivity index (χ1) is 8.81. The maximum Gasteiger partial charge on any atom is 0.228 e. The van der Waals surface area contributed by atoms with Gasteiger partial charge in [-0.25, -0.2) is 0 Å². The smallest absolute Gasteiger partial charge is 0.228 e. The predicted molar refractivity (Wildman–Crippen MR) is 73.2 cm³/mol. The van der Waals surface area contributed by atoms with Crippen molar-refractivity contribution in [1.82, 2.24) is 15.0 Å². The average molecular weight is 269 g/mol. The summed E-state index contributed by atoms with van der Waals surface area (Å²) in [4.78, 5) is 12.9. The maximum absolute atomic E-state index is 5.55. The Morgan fingerprint density at radius 3 is 2.67 bits per heavy atom. The number of thioether (sulfide) groups is 1. The molecule has 2 rings (SSSR count). The van der Waals surface area contributed by atoms with Gasteiger partial charge in [-0.3, -0.25) is 0 Å². The van der Waals surface area contributed by atoms with E-state index in [2.05, 4.69) is 25.6 Å². The topological polar surface area (TPSA) is 72.0 Å². The number of hydrogen-bond acceptors (Lipinski definition) is 7. The number of nitrogens with one attached hydrogen (secondary N) is 2. The summed E-state index contributed by atoms with van der Waals surface area (Å²) in [5.74, 6) is 1.23. The first-order valence-electron chi connectivity index (χ1n) is 6.21. The van der Waals surface area contributed by atoms with Crippen LogP contribution >= 0.6 is 11.8 Å². The molecule has 6 nitrogen and oxygen atoms in total. The zero-order valence-corrected chi connectivity index (χ0v) is 11.6. The van der Waals surface area contributed by atoms with E-state index in [1.807, 2.05) is 13.2 Å². The fourth-order valence-corrected chi connectivity index (χ4v) is 2.13. The highest BCUT2D eigenvalue weighted by atomic mass is 32.2. The lowest BCUT2D eigenvalue weighted by Crippen LogP contribution is -2.20. The Balaban J connectivity index is 1.98. The van der Waals surface area contributed by atoms with Gasteiger partial charge in [-0.2, -0.15) is 15.0 Å². The van der Waals surface area contributed by atoms with Crippen LogP contribution in [0.4, 0.5) is 11.9 Å². The molecule has 0 amide bonds. The largest absolute Gasteiger partial charge is 0.376 e. The van der Waals surface area contributed by atoms with E-state index in [4.69, 9.17) is 4.74 Å². The van der Waals surface area contributed by atoms with Gasteiger partial charge in [-0.15, -0.1) is 0 Å². The SMILES string of the molecule is CCNc1nc(NCC2CCCO2)nc(SC)n1. The minimum absolute atomic E-state index is 0.280. The molecule has 2 heterocycles. The Labute approximate surface area is 111 Å². The number of ether oxygens (including phenoxy) is 1. The fourth-order valence-electron chi connectivity index (χ4n) is 1.77. The van der Waals surface area contributed by atoms with Gasteiger partial charge in [-0.1, -0.05) is 11.8 Å². The van der Waals surface area contributed by atoms with Gasteiger partial charge in [0.15, 0.2) is 5.16 Å². The van der Waals surface area contributed by atoms with E-state index in [1.54, 1.807) is 0 Å². The van der Waals surface area contributed by atoms with Crippen molar-refractivity contribution >= 4 is 23.7 Å². The number of nitrogens with zero attached hydrogens (tertiary/aromatic N) is 3. The van der Waals surface area contributed by atoms with Gasteiger partial charge < -0.3 is 15.4 Å². The Bertz CT molecular complexity index is 384. The molecule has 1 aliphatic heterocycles. The van der Waals surface area contributed by atoms with E-state index >= 15 is 0 Å². The third-order valence-electron chi connectivity index (χ3n) is 2.64. The molecule has 1 atom stereocenters. The van der Waals surface area contributed by atoms with Gasteiger partial charge in [0.1, 0.15) is 0 Å². The molecule has 1 saturated heterocycles. The first kappa shape index (κ1) is 13.4. The average Bonchev–Trinajstić information content (AvgIpc) is 2.89. The molecule has 1 aliphatic rings. The molecule has 1 unspecified atom stereocenters. The van der Waals surface area contributed by atoms with Crippen LogP contribution in [0.5, 0.6) is 0 Å². The lowest BCUT2D eigenvalue weighted by atomic mass is 10.2. The molecule has 1 aromatic heterocycles. The Morgan fingerprint density at radius 2 is 2.06 bits per heavy atom. The molecule has 0 spiro atoms. The van der Waals surface area contributed by atoms with E-state index in [1.165, 1.54) is 11.8 Å². The number of aromatic nitrogens is 3. The van der Waals surface area contributed by atoms with Crippen LogP contribution in [-0.2, 0) is 4.74 Å². The van der Waals surface area contributed by atoms with E-state index in [0.29, 0.717) is 11.9 Å². The van der Waals surface area contributed by atoms with Crippen LogP contribution in [0.3, 0.4) is 0 Å². The third kappa shape index (κ3) is 3.71. The fraction of sp³-hybridized carbons (Fsp3) is 0.727. The van der Waals surface area contributed by atoms with Crippen molar-refractivity contribution in [2.24, 2.45) is 0 Å². The second-order valence-corrected chi connectivity index (χ2v) is 4.79. The summed E-state index contributed by atoms with van der Waals surface area (Å²) < 4.78 is 5.55. The Morgan fingerprint density at radius 1 is 1.28 bits per heavy atom. The summed E-state index contributed by atoms with van der Waals surface area (Å²) in [6.45, 7) is 4.43. The van der Waals surface area contributed by atoms with Crippen LogP contribution < -0.4 is 10.6 Å². The van der Waals surface area contributed by atoms with Gasteiger partial charge in [0.2, 0.25) is 11.9 Å². The lowest BCUT2D eigenvalue weighted by Gasteiger charge is -2.11. The van der Waals surface area contributed by atoms with Crippen LogP contribution in [0.2, 0.25) is 0 Å². The predicted octanol–water partition coefficient (Wildman–Crippen LogP) is 1.62. The summed E-state index contributed by atoms with van der Waals surface area (Å²) in [7, 11) is 0. The monoisotopic (exact) mass is 269 g/mol. The van der Waals surface area contributed by atoms with Crippen LogP contribution in [-0.4, -0.2) is 47.0 Å². The maximum atomic E-state index is 5.55. The van der Waals surface area contributed by atoms with Crippen LogP contribution in [0.1, 0.15) is 19.8 Å². The summed E-state index contributed by atoms with van der Waals surface area (Å²) in [6.07, 6.45) is 4.48. The van der Waals surface area contributed by atoms with Crippen molar-refractivity contribution in [2.45, 2.75) is 31.0 Å². The minimum Gasteiger partial charge on any atom is -0.376 e.